The van der Waals surface area contributed by atoms with Crippen LogP contribution in [0.3, 0.4) is 0 Å². The number of nitrogens with one attached hydrogen (secondary N) is 1. The van der Waals surface area contributed by atoms with E-state index in [1.54, 1.807) is 18.2 Å². The quantitative estimate of drug-likeness (QED) is 0.0282. The Morgan fingerprint density at radius 3 is 0.518 bits per heavy atom. The molecular weight excluding hydrogens is 1830 g/mol. The molecule has 0 atom stereocenters. The van der Waals surface area contributed by atoms with Gasteiger partial charge in [-0.1, -0.05) is 248 Å². The molecule has 0 aliphatic rings. The molecule has 0 spiro atoms. The molecular formula is C117H108BrN3NiO15-. The molecule has 1 N–H and O–H groups in total. The van der Waals surface area contributed by atoms with Gasteiger partial charge in [-0.25, -0.2) is 0 Å². The predicted octanol–water partition coefficient (Wildman–Crippen LogP) is 25.8. The Labute approximate surface area is 817 Å². The topological polar surface area (TPSA) is 165 Å². The summed E-state index contributed by atoms with van der Waals surface area (Å²) in [4.78, 5) is 19.4. The van der Waals surface area contributed by atoms with Crippen LogP contribution in [0.4, 0.5) is 5.69 Å². The van der Waals surface area contributed by atoms with E-state index < -0.39 is 5.91 Å². The van der Waals surface area contributed by atoms with E-state index in [1.807, 2.05) is 392 Å². The van der Waals surface area contributed by atoms with E-state index in [-0.39, 0.29) is 45.2 Å². The van der Waals surface area contributed by atoms with E-state index in [0.717, 1.165) is 77.9 Å². The predicted molar refractivity (Wildman–Crippen MR) is 534 cm³/mol. The maximum absolute atomic E-state index is 15.3. The van der Waals surface area contributed by atoms with E-state index in [1.165, 1.54) is 0 Å². The van der Waals surface area contributed by atoms with Crippen molar-refractivity contribution in [2.75, 3.05) is 33.5 Å². The van der Waals surface area contributed by atoms with Crippen LogP contribution in [-0.2, 0) is 119 Å². The van der Waals surface area contributed by atoms with Gasteiger partial charge in [-0.15, -0.1) is 23.3 Å². The van der Waals surface area contributed by atoms with Gasteiger partial charge in [-0.05, 0) is 191 Å². The summed E-state index contributed by atoms with van der Waals surface area (Å²) in [7, 11) is 8.02. The van der Waals surface area contributed by atoms with Gasteiger partial charge in [0, 0.05) is 61.1 Å². The number of hydrogen-bond donors (Lipinski definition) is 1. The van der Waals surface area contributed by atoms with Crippen LogP contribution in [-0.4, -0.2) is 43.9 Å². The molecule has 0 aliphatic carbocycles. The van der Waals surface area contributed by atoms with Gasteiger partial charge in [0.2, 0.25) is 0 Å². The number of hydrogen-bond acceptors (Lipinski definition) is 17. The Bertz CT molecular complexity index is 5520. The van der Waals surface area contributed by atoms with Crippen molar-refractivity contribution in [2.45, 2.75) is 106 Å². The van der Waals surface area contributed by atoms with Crippen molar-refractivity contribution in [1.29, 1.82) is 0 Å². The van der Waals surface area contributed by atoms with Crippen molar-refractivity contribution in [2.24, 2.45) is 0 Å². The number of halogens is 1. The number of nitrogens with zero attached hydrogens (tertiary/aromatic N) is 2. The number of anilines is 1. The number of amides is 1. The van der Waals surface area contributed by atoms with Gasteiger partial charge in [-0.2, -0.15) is 6.07 Å². The van der Waals surface area contributed by atoms with Crippen molar-refractivity contribution < 1.29 is 84.8 Å². The Kier molecular flexibility index (Phi) is 36.0. The van der Waals surface area contributed by atoms with Crippen LogP contribution in [0.1, 0.15) is 99.4 Å². The summed E-state index contributed by atoms with van der Waals surface area (Å²) in [5, 5.41) is 3.23. The zero-order valence-electron chi connectivity index (χ0n) is 76.9. The average Bonchev–Trinajstić information content (AvgIpc) is 0.820. The first-order chi connectivity index (χ1) is 67.2. The second kappa shape index (κ2) is 51.0. The third-order valence-electron chi connectivity index (χ3n) is 21.4. The summed E-state index contributed by atoms with van der Waals surface area (Å²) in [6.07, 6.45) is 0. The Morgan fingerprint density at radius 2 is 0.365 bits per heavy atom. The molecule has 0 heterocycles. The van der Waals surface area contributed by atoms with E-state index in [9.17, 15) is 0 Å². The fourth-order valence-corrected chi connectivity index (χ4v) is 14.9. The van der Waals surface area contributed by atoms with Crippen molar-refractivity contribution in [3.8, 4) is 80.5 Å². The molecule has 0 aromatic heterocycles. The number of rotatable bonds is 48. The fraction of sp³-hybridized carbons (Fsp3) is 0.171. The third kappa shape index (κ3) is 32.2. The Hall–Kier alpha value is -14.9. The van der Waals surface area contributed by atoms with E-state index >= 15 is 4.79 Å². The summed E-state index contributed by atoms with van der Waals surface area (Å²) in [5.74, 6) is 7.05. The molecule has 0 fully saturated rings. The van der Waals surface area contributed by atoms with Crippen molar-refractivity contribution in [1.82, 2.24) is 9.80 Å². The van der Waals surface area contributed by atoms with E-state index in [2.05, 4.69) is 49.1 Å². The molecule has 20 heteroatoms. The summed E-state index contributed by atoms with van der Waals surface area (Å²) in [6.45, 7) is 4.31. The first-order valence-corrected chi connectivity index (χ1v) is 47.6. The summed E-state index contributed by atoms with van der Waals surface area (Å²) >= 11 is 6.25. The molecule has 0 saturated carbocycles. The van der Waals surface area contributed by atoms with Gasteiger partial charge in [0.05, 0.1) is 0 Å². The summed E-state index contributed by atoms with van der Waals surface area (Å²) in [6, 6.07) is 128. The number of carbonyl (C=O) groups excluding carboxylic acids is 1. The molecule has 1 amide bonds. The molecule has 137 heavy (non-hydrogen) atoms. The SMILES string of the molecule is CN(C)Cc1[c-]c(CN(C)C)cc(NC(=O)c2cc(OCc3cc(OCc4cc(OCc5ccccc5)cc(OCc5ccccc5)c4)cc(OCc4cc(OCc5ccccc5)cc(OCc5ccccc5)c4)c3)cc(OCc3cc(OCc4cc(OCc5ccccc5)cc(OCc5ccccc5)c4)cc(OCc4cc(OCc5ccccc5)cc(OCc5ccccc5)c4)c3)c2)c1.[Ni][Br]. The number of benzene rings is 16. The molecule has 16 aromatic rings. The molecule has 699 valence electrons. The van der Waals surface area contributed by atoms with Crippen LogP contribution < -0.4 is 71.6 Å². The van der Waals surface area contributed by atoms with Gasteiger partial charge in [0.1, 0.15) is 173 Å². The van der Waals surface area contributed by atoms with E-state index in [4.69, 9.17) is 66.3 Å². The summed E-state index contributed by atoms with van der Waals surface area (Å²) in [5.41, 5.74) is 15.3. The van der Waals surface area contributed by atoms with Crippen molar-refractivity contribution >= 4 is 25.8 Å². The zero-order valence-corrected chi connectivity index (χ0v) is 79.5. The molecule has 0 radical (unpaired) electrons. The standard InChI is InChI=1S/C117H108N3O15.BrH.Ni/c1-119(2)69-93-45-94(70-120(3)4)47-102(46-93)118-117(121)101-60-115(134-83-99-56-111(130-79-95-48-103(122-71-85-29-13-5-14-30-85)62-104(49-95)123-72-86-31-15-6-16-32-86)66-112(57-99)131-80-96-50-105(124-73-87-33-17-7-18-34-87)63-106(51-96)125-74-88-35-19-8-20-36-88)68-116(61-101)135-84-100-58-113(132-81-97-52-107(126-75-89-37-21-9-22-38-89)64-108(53-97)127-76-90-39-23-10-24-40-90)67-114(59-100)133-82-98-54-109(128-77-91-41-25-11-26-42-91)65-110(55-98)129-78-92-43-27-12-28-44-92;;/h5-44,46-68H,69-84H2,1-4H3,(H,118,121);1H;/q-1;;+1/p-1. The average molecular weight is 1930 g/mol. The Morgan fingerprint density at radius 1 is 0.219 bits per heavy atom. The summed E-state index contributed by atoms with van der Waals surface area (Å²) < 4.78 is 93.0. The minimum atomic E-state index is -0.405. The van der Waals surface area contributed by atoms with Crippen LogP contribution >= 0.6 is 14.2 Å². The number of ether oxygens (including phenoxy) is 14. The second-order valence-electron chi connectivity index (χ2n) is 33.3. The van der Waals surface area contributed by atoms with Gasteiger partial charge < -0.3 is 81.4 Å². The van der Waals surface area contributed by atoms with Crippen LogP contribution in [0.2, 0.25) is 0 Å². The van der Waals surface area contributed by atoms with Crippen molar-refractivity contribution in [3.05, 3.63) is 483 Å². The van der Waals surface area contributed by atoms with E-state index in [0.29, 0.717) is 163 Å². The normalized spacial score (nSPS) is 10.9. The van der Waals surface area contributed by atoms with Crippen LogP contribution in [0.25, 0.3) is 0 Å². The van der Waals surface area contributed by atoms with Crippen molar-refractivity contribution in [3.63, 3.8) is 0 Å². The molecule has 18 nitrogen and oxygen atoms in total. The van der Waals surface area contributed by atoms with Crippen LogP contribution in [0.5, 0.6) is 80.5 Å². The minimum absolute atomic E-state index is 0.0273. The third-order valence-corrected chi connectivity index (χ3v) is 21.4. The van der Waals surface area contributed by atoms with Gasteiger partial charge >= 0.3 is 27.9 Å². The fourth-order valence-electron chi connectivity index (χ4n) is 14.9. The number of carbonyl (C=O) groups is 1. The first kappa shape index (κ1) is 96.7. The molecule has 0 unspecified atom stereocenters. The first-order valence-electron chi connectivity index (χ1n) is 45.1. The Balaban J connectivity index is 0.00000708. The monoisotopic (exact) mass is 1930 g/mol. The molecule has 0 bridgehead atoms. The molecule has 0 aliphatic heterocycles. The zero-order chi connectivity index (χ0) is 94.4. The van der Waals surface area contributed by atoms with Gasteiger partial charge in [0.25, 0.3) is 5.91 Å². The van der Waals surface area contributed by atoms with Gasteiger partial charge in [-0.3, -0.25) is 4.79 Å². The second-order valence-corrected chi connectivity index (χ2v) is 33.3. The van der Waals surface area contributed by atoms with Crippen LogP contribution in [0.15, 0.2) is 382 Å². The van der Waals surface area contributed by atoms with Gasteiger partial charge in [0.15, 0.2) is 0 Å². The molecule has 16 rings (SSSR count). The molecule has 16 aromatic carbocycles. The molecule has 0 saturated heterocycles. The maximum atomic E-state index is 15.3. The van der Waals surface area contributed by atoms with Crippen LogP contribution in [0, 0.1) is 6.07 Å².